The van der Waals surface area contributed by atoms with E-state index in [-0.39, 0.29) is 12.0 Å². The van der Waals surface area contributed by atoms with Gasteiger partial charge in [0, 0.05) is 29.8 Å². The zero-order chi connectivity index (χ0) is 22.2. The molecule has 3 aromatic rings. The van der Waals surface area contributed by atoms with Crippen LogP contribution in [0.3, 0.4) is 0 Å². The molecule has 0 spiro atoms. The summed E-state index contributed by atoms with van der Waals surface area (Å²) in [5.41, 5.74) is 3.63. The van der Waals surface area contributed by atoms with Crippen molar-refractivity contribution in [1.29, 1.82) is 0 Å². The van der Waals surface area contributed by atoms with Crippen molar-refractivity contribution < 1.29 is 14.3 Å². The van der Waals surface area contributed by atoms with Crippen molar-refractivity contribution in [3.63, 3.8) is 0 Å². The molecule has 4 rings (SSSR count). The predicted molar refractivity (Wildman–Crippen MR) is 127 cm³/mol. The summed E-state index contributed by atoms with van der Waals surface area (Å²) in [7, 11) is 0. The third kappa shape index (κ3) is 4.49. The molecule has 0 fully saturated rings. The van der Waals surface area contributed by atoms with Gasteiger partial charge in [0.05, 0.1) is 5.69 Å². The summed E-state index contributed by atoms with van der Waals surface area (Å²) in [6.45, 7) is 8.64. The van der Waals surface area contributed by atoms with Crippen LogP contribution in [-0.4, -0.2) is 24.1 Å². The predicted octanol–water partition coefficient (Wildman–Crippen LogP) is 6.80. The highest BCUT2D eigenvalue weighted by Crippen LogP contribution is 2.46. The maximum atomic E-state index is 13.0. The molecule has 0 unspecified atom stereocenters. The van der Waals surface area contributed by atoms with Gasteiger partial charge in [0.1, 0.15) is 18.0 Å². The molecule has 1 heterocycles. The third-order valence-corrected chi connectivity index (χ3v) is 5.78. The van der Waals surface area contributed by atoms with Gasteiger partial charge in [-0.1, -0.05) is 54.1 Å². The van der Waals surface area contributed by atoms with Crippen LogP contribution in [0, 0.1) is 6.92 Å². The highest BCUT2D eigenvalue weighted by molar-refractivity contribution is 6.19. The van der Waals surface area contributed by atoms with Crippen LogP contribution in [0.1, 0.15) is 43.4 Å². The third-order valence-electron chi connectivity index (χ3n) is 5.41. The molecule has 0 N–H and O–H groups in total. The molecule has 162 valence electrons. The number of alkyl halides is 1. The van der Waals surface area contributed by atoms with Gasteiger partial charge >= 0.3 is 6.09 Å². The van der Waals surface area contributed by atoms with E-state index in [0.717, 1.165) is 33.3 Å². The van der Waals surface area contributed by atoms with E-state index in [4.69, 9.17) is 21.1 Å². The number of carbonyl (C=O) groups is 1. The van der Waals surface area contributed by atoms with E-state index in [1.807, 2.05) is 45.0 Å². The number of ether oxygens (including phenoxy) is 2. The van der Waals surface area contributed by atoms with E-state index >= 15 is 0 Å². The molecule has 0 aromatic heterocycles. The second-order valence-corrected chi connectivity index (χ2v) is 9.38. The Bertz CT molecular complexity index is 1120. The molecule has 1 aliphatic heterocycles. The Balaban J connectivity index is 1.76. The summed E-state index contributed by atoms with van der Waals surface area (Å²) in [4.78, 5) is 14.7. The van der Waals surface area contributed by atoms with Crippen LogP contribution in [0.25, 0.3) is 10.8 Å². The van der Waals surface area contributed by atoms with Gasteiger partial charge in [-0.05, 0) is 44.2 Å². The Labute approximate surface area is 188 Å². The van der Waals surface area contributed by atoms with Crippen molar-refractivity contribution in [2.45, 2.75) is 45.8 Å². The molecular weight excluding hydrogens is 410 g/mol. The maximum absolute atomic E-state index is 13.0. The standard InChI is InChI=1S/C26H28ClNO3/c1-17-8-7-9-18(12-17)16-30-23-13-22-24(21-11-6-5-10-20(21)23)19(14-27)15-28(22)25(29)31-26(2,3)4/h5-13,19H,14-16H2,1-4H3/t19-/m1/s1. The number of hydrogen-bond acceptors (Lipinski definition) is 3. The number of hydrogen-bond donors (Lipinski definition) is 0. The zero-order valence-electron chi connectivity index (χ0n) is 18.4. The summed E-state index contributed by atoms with van der Waals surface area (Å²) in [6, 6.07) is 18.4. The van der Waals surface area contributed by atoms with Crippen molar-refractivity contribution in [3.05, 3.63) is 71.3 Å². The fraction of sp³-hybridized carbons (Fsp3) is 0.346. The van der Waals surface area contributed by atoms with E-state index in [0.29, 0.717) is 19.0 Å². The number of nitrogens with zero attached hydrogens (tertiary/aromatic N) is 1. The number of rotatable bonds is 4. The number of amides is 1. The lowest BCUT2D eigenvalue weighted by Gasteiger charge is -2.25. The second kappa shape index (κ2) is 8.43. The lowest BCUT2D eigenvalue weighted by atomic mass is 9.95. The Morgan fingerprint density at radius 3 is 2.52 bits per heavy atom. The van der Waals surface area contributed by atoms with E-state index in [9.17, 15) is 4.79 Å². The average Bonchev–Trinajstić information content (AvgIpc) is 3.10. The van der Waals surface area contributed by atoms with Crippen LogP contribution in [0.2, 0.25) is 0 Å². The largest absolute Gasteiger partial charge is 0.488 e. The van der Waals surface area contributed by atoms with Crippen LogP contribution in [0.5, 0.6) is 5.75 Å². The molecule has 0 saturated carbocycles. The summed E-state index contributed by atoms with van der Waals surface area (Å²) >= 11 is 6.32. The molecule has 5 heteroatoms. The van der Waals surface area contributed by atoms with Crippen molar-refractivity contribution in [1.82, 2.24) is 0 Å². The highest BCUT2D eigenvalue weighted by Gasteiger charge is 2.36. The average molecular weight is 438 g/mol. The normalized spacial score (nSPS) is 15.8. The first-order chi connectivity index (χ1) is 14.8. The van der Waals surface area contributed by atoms with Gasteiger partial charge in [0.25, 0.3) is 0 Å². The van der Waals surface area contributed by atoms with Crippen LogP contribution in [-0.2, 0) is 11.3 Å². The Morgan fingerprint density at radius 1 is 1.10 bits per heavy atom. The molecule has 0 aliphatic carbocycles. The van der Waals surface area contributed by atoms with Crippen molar-refractivity contribution in [3.8, 4) is 5.75 Å². The molecule has 1 atom stereocenters. The molecule has 1 aliphatic rings. The van der Waals surface area contributed by atoms with Crippen LogP contribution < -0.4 is 9.64 Å². The number of halogens is 1. The molecule has 3 aromatic carbocycles. The SMILES string of the molecule is Cc1cccc(COc2cc3c(c4ccccc24)[C@H](CCl)CN3C(=O)OC(C)(C)C)c1. The summed E-state index contributed by atoms with van der Waals surface area (Å²) < 4.78 is 11.9. The van der Waals surface area contributed by atoms with Crippen LogP contribution >= 0.6 is 11.6 Å². The summed E-state index contributed by atoms with van der Waals surface area (Å²) in [5, 5.41) is 2.09. The van der Waals surface area contributed by atoms with Gasteiger partial charge in [0.15, 0.2) is 0 Å². The smallest absolute Gasteiger partial charge is 0.414 e. The van der Waals surface area contributed by atoms with E-state index < -0.39 is 5.60 Å². The molecule has 0 bridgehead atoms. The lowest BCUT2D eigenvalue weighted by molar-refractivity contribution is 0.0582. The number of carbonyl (C=O) groups excluding carboxylic acids is 1. The van der Waals surface area contributed by atoms with Gasteiger partial charge < -0.3 is 9.47 Å². The molecule has 4 nitrogen and oxygen atoms in total. The molecule has 0 radical (unpaired) electrons. The van der Waals surface area contributed by atoms with E-state index in [1.165, 1.54) is 5.56 Å². The molecule has 0 saturated heterocycles. The first-order valence-corrected chi connectivity index (χ1v) is 11.1. The Hall–Kier alpha value is -2.72. The number of anilines is 1. The topological polar surface area (TPSA) is 38.8 Å². The minimum atomic E-state index is -0.572. The highest BCUT2D eigenvalue weighted by atomic mass is 35.5. The fourth-order valence-electron chi connectivity index (χ4n) is 4.11. The van der Waals surface area contributed by atoms with Crippen molar-refractivity contribution >= 4 is 34.2 Å². The van der Waals surface area contributed by atoms with Crippen LogP contribution in [0.4, 0.5) is 10.5 Å². The Kier molecular flexibility index (Phi) is 5.85. The minimum Gasteiger partial charge on any atom is -0.488 e. The van der Waals surface area contributed by atoms with Gasteiger partial charge in [-0.3, -0.25) is 4.90 Å². The maximum Gasteiger partial charge on any atom is 0.414 e. The monoisotopic (exact) mass is 437 g/mol. The van der Waals surface area contributed by atoms with Gasteiger partial charge in [-0.15, -0.1) is 11.6 Å². The lowest BCUT2D eigenvalue weighted by Crippen LogP contribution is -2.36. The van der Waals surface area contributed by atoms with Crippen LogP contribution in [0.15, 0.2) is 54.6 Å². The number of fused-ring (bicyclic) bond motifs is 3. The van der Waals surface area contributed by atoms with Crippen molar-refractivity contribution in [2.24, 2.45) is 0 Å². The van der Waals surface area contributed by atoms with Gasteiger partial charge in [0.2, 0.25) is 0 Å². The fourth-order valence-corrected chi connectivity index (χ4v) is 4.36. The second-order valence-electron chi connectivity index (χ2n) is 9.07. The van der Waals surface area contributed by atoms with E-state index in [1.54, 1.807) is 4.90 Å². The Morgan fingerprint density at radius 2 is 1.84 bits per heavy atom. The quantitative estimate of drug-likeness (QED) is 0.421. The summed E-state index contributed by atoms with van der Waals surface area (Å²) in [5.74, 6) is 1.22. The number of aryl methyl sites for hydroxylation is 1. The molecule has 1 amide bonds. The van der Waals surface area contributed by atoms with E-state index in [2.05, 4.69) is 37.3 Å². The molecule has 31 heavy (non-hydrogen) atoms. The number of benzene rings is 3. The zero-order valence-corrected chi connectivity index (χ0v) is 19.2. The van der Waals surface area contributed by atoms with Crippen molar-refractivity contribution in [2.75, 3.05) is 17.3 Å². The first kappa shape index (κ1) is 21.5. The first-order valence-electron chi connectivity index (χ1n) is 10.6. The minimum absolute atomic E-state index is 0.0416. The molecular formula is C26H28ClNO3. The summed E-state index contributed by atoms with van der Waals surface area (Å²) in [6.07, 6.45) is -0.360. The van der Waals surface area contributed by atoms with Gasteiger partial charge in [-0.2, -0.15) is 0 Å². The van der Waals surface area contributed by atoms with Gasteiger partial charge in [-0.25, -0.2) is 4.79 Å².